The van der Waals surface area contributed by atoms with Gasteiger partial charge in [0.05, 0.1) is 6.04 Å². The number of nitrogens with one attached hydrogen (secondary N) is 1. The van der Waals surface area contributed by atoms with Crippen molar-refractivity contribution >= 4 is 44.2 Å². The van der Waals surface area contributed by atoms with E-state index in [1.807, 2.05) is 0 Å². The molecule has 0 heterocycles. The number of anilines is 1. The topological polar surface area (TPSA) is 12.0 Å². The molecule has 1 aliphatic rings. The fraction of sp³-hybridized carbons (Fsp3) is 0.250. The lowest BCUT2D eigenvalue weighted by Crippen LogP contribution is -2.07. The summed E-state index contributed by atoms with van der Waals surface area (Å²) in [5, 5.41) is 3.67. The van der Waals surface area contributed by atoms with Crippen LogP contribution >= 0.6 is 38.5 Å². The highest BCUT2D eigenvalue weighted by Gasteiger charge is 2.23. The minimum Gasteiger partial charge on any atom is -0.378 e. The molecule has 2 aromatic carbocycles. The van der Waals surface area contributed by atoms with Gasteiger partial charge in [0.2, 0.25) is 0 Å². The first-order valence-corrected chi connectivity index (χ1v) is 8.32. The molecule has 0 bridgehead atoms. The van der Waals surface area contributed by atoms with Crippen LogP contribution in [0.2, 0.25) is 0 Å². The van der Waals surface area contributed by atoms with E-state index in [1.54, 1.807) is 0 Å². The second kappa shape index (κ2) is 5.44. The third kappa shape index (κ3) is 2.68. The molecule has 0 aliphatic heterocycles. The maximum absolute atomic E-state index is 3.67. The standard InChI is InChI=1S/C16H15BrIN/c1-10-5-6-11(9-15(10)18)19-16-8-7-12-13(16)3-2-4-14(12)17/h2-6,9,16,19H,7-8H2,1H3. The molecule has 0 amide bonds. The highest BCUT2D eigenvalue weighted by molar-refractivity contribution is 14.1. The van der Waals surface area contributed by atoms with Gasteiger partial charge in [-0.1, -0.05) is 34.1 Å². The largest absolute Gasteiger partial charge is 0.378 e. The Labute approximate surface area is 136 Å². The molecule has 1 unspecified atom stereocenters. The zero-order valence-electron chi connectivity index (χ0n) is 10.7. The van der Waals surface area contributed by atoms with Crippen molar-refractivity contribution in [2.24, 2.45) is 0 Å². The number of benzene rings is 2. The van der Waals surface area contributed by atoms with Crippen LogP contribution in [0.25, 0.3) is 0 Å². The summed E-state index contributed by atoms with van der Waals surface area (Å²) in [6, 6.07) is 13.5. The molecular weight excluding hydrogens is 413 g/mol. The quantitative estimate of drug-likeness (QED) is 0.627. The number of aryl methyl sites for hydroxylation is 1. The lowest BCUT2D eigenvalue weighted by atomic mass is 10.1. The summed E-state index contributed by atoms with van der Waals surface area (Å²) in [7, 11) is 0. The average molecular weight is 428 g/mol. The second-order valence-electron chi connectivity index (χ2n) is 5.01. The smallest absolute Gasteiger partial charge is 0.0520 e. The van der Waals surface area contributed by atoms with Crippen molar-refractivity contribution in [1.82, 2.24) is 0 Å². The van der Waals surface area contributed by atoms with Gasteiger partial charge < -0.3 is 5.32 Å². The number of hydrogen-bond acceptors (Lipinski definition) is 1. The van der Waals surface area contributed by atoms with Crippen LogP contribution in [0.4, 0.5) is 5.69 Å². The summed E-state index contributed by atoms with van der Waals surface area (Å²) >= 11 is 6.05. The van der Waals surface area contributed by atoms with E-state index < -0.39 is 0 Å². The summed E-state index contributed by atoms with van der Waals surface area (Å²) in [4.78, 5) is 0. The van der Waals surface area contributed by atoms with Crippen molar-refractivity contribution in [3.05, 3.63) is 61.1 Å². The third-order valence-corrected chi connectivity index (χ3v) is 5.63. The SMILES string of the molecule is Cc1ccc(NC2CCc3c(Br)cccc32)cc1I. The minimum absolute atomic E-state index is 0.436. The number of rotatable bonds is 2. The minimum atomic E-state index is 0.436. The fourth-order valence-corrected chi connectivity index (χ4v) is 3.74. The van der Waals surface area contributed by atoms with Gasteiger partial charge >= 0.3 is 0 Å². The normalized spacial score (nSPS) is 17.3. The van der Waals surface area contributed by atoms with Gasteiger partial charge in [-0.05, 0) is 77.2 Å². The van der Waals surface area contributed by atoms with Gasteiger partial charge in [-0.15, -0.1) is 0 Å². The van der Waals surface area contributed by atoms with Gasteiger partial charge in [-0.3, -0.25) is 0 Å². The van der Waals surface area contributed by atoms with E-state index in [4.69, 9.17) is 0 Å². The first-order valence-electron chi connectivity index (χ1n) is 6.45. The van der Waals surface area contributed by atoms with Gasteiger partial charge in [0, 0.05) is 13.7 Å². The molecule has 1 atom stereocenters. The van der Waals surface area contributed by atoms with Gasteiger partial charge in [0.25, 0.3) is 0 Å². The first-order chi connectivity index (χ1) is 9.15. The molecular formula is C16H15BrIN. The Morgan fingerprint density at radius 1 is 1.26 bits per heavy atom. The highest BCUT2D eigenvalue weighted by atomic mass is 127. The van der Waals surface area contributed by atoms with Crippen molar-refractivity contribution in [3.63, 3.8) is 0 Å². The number of halogens is 2. The number of hydrogen-bond donors (Lipinski definition) is 1. The van der Waals surface area contributed by atoms with Crippen LogP contribution in [-0.2, 0) is 6.42 Å². The first kappa shape index (κ1) is 13.4. The van der Waals surface area contributed by atoms with Crippen LogP contribution in [0.5, 0.6) is 0 Å². The maximum atomic E-state index is 3.67. The third-order valence-electron chi connectivity index (χ3n) is 3.73. The lowest BCUT2D eigenvalue weighted by molar-refractivity contribution is 0.762. The Kier molecular flexibility index (Phi) is 3.85. The van der Waals surface area contributed by atoms with Crippen LogP contribution in [-0.4, -0.2) is 0 Å². The Bertz CT molecular complexity index is 624. The zero-order chi connectivity index (χ0) is 13.4. The molecule has 3 rings (SSSR count). The number of fused-ring (bicyclic) bond motifs is 1. The molecule has 3 heteroatoms. The van der Waals surface area contributed by atoms with E-state index in [1.165, 1.54) is 36.8 Å². The van der Waals surface area contributed by atoms with Gasteiger partial charge in [0.15, 0.2) is 0 Å². The Morgan fingerprint density at radius 2 is 2.11 bits per heavy atom. The van der Waals surface area contributed by atoms with Crippen LogP contribution in [0.3, 0.4) is 0 Å². The summed E-state index contributed by atoms with van der Waals surface area (Å²) in [5.74, 6) is 0. The molecule has 0 fully saturated rings. The Balaban J connectivity index is 1.86. The molecule has 0 radical (unpaired) electrons. The molecule has 1 aliphatic carbocycles. The molecule has 2 aromatic rings. The molecule has 1 N–H and O–H groups in total. The average Bonchev–Trinajstić information content (AvgIpc) is 2.79. The van der Waals surface area contributed by atoms with E-state index >= 15 is 0 Å². The van der Waals surface area contributed by atoms with E-state index in [9.17, 15) is 0 Å². The van der Waals surface area contributed by atoms with Crippen molar-refractivity contribution < 1.29 is 0 Å². The summed E-state index contributed by atoms with van der Waals surface area (Å²) < 4.78 is 2.56. The van der Waals surface area contributed by atoms with Crippen molar-refractivity contribution in [3.8, 4) is 0 Å². The summed E-state index contributed by atoms with van der Waals surface area (Å²) in [6.07, 6.45) is 2.32. The monoisotopic (exact) mass is 427 g/mol. The maximum Gasteiger partial charge on any atom is 0.0520 e. The van der Waals surface area contributed by atoms with E-state index in [-0.39, 0.29) is 0 Å². The fourth-order valence-electron chi connectivity index (χ4n) is 2.64. The molecule has 98 valence electrons. The predicted octanol–water partition coefficient (Wildman–Crippen LogP) is 5.46. The lowest BCUT2D eigenvalue weighted by Gasteiger charge is -2.16. The Hall–Kier alpha value is -0.550. The summed E-state index contributed by atoms with van der Waals surface area (Å²) in [6.45, 7) is 2.15. The zero-order valence-corrected chi connectivity index (χ0v) is 14.5. The van der Waals surface area contributed by atoms with Crippen LogP contribution < -0.4 is 5.32 Å². The molecule has 0 saturated heterocycles. The van der Waals surface area contributed by atoms with E-state index in [0.29, 0.717) is 6.04 Å². The molecule has 0 spiro atoms. The van der Waals surface area contributed by atoms with Crippen molar-refractivity contribution in [2.75, 3.05) is 5.32 Å². The summed E-state index contributed by atoms with van der Waals surface area (Å²) in [5.41, 5.74) is 5.44. The van der Waals surface area contributed by atoms with E-state index in [0.717, 1.165) is 6.42 Å². The van der Waals surface area contributed by atoms with Crippen LogP contribution in [0.15, 0.2) is 40.9 Å². The predicted molar refractivity (Wildman–Crippen MR) is 92.7 cm³/mol. The van der Waals surface area contributed by atoms with Crippen molar-refractivity contribution in [2.45, 2.75) is 25.8 Å². The molecule has 1 nitrogen and oxygen atoms in total. The van der Waals surface area contributed by atoms with Gasteiger partial charge in [-0.25, -0.2) is 0 Å². The second-order valence-corrected chi connectivity index (χ2v) is 7.02. The van der Waals surface area contributed by atoms with Gasteiger partial charge in [0.1, 0.15) is 0 Å². The molecule has 19 heavy (non-hydrogen) atoms. The van der Waals surface area contributed by atoms with Gasteiger partial charge in [-0.2, -0.15) is 0 Å². The Morgan fingerprint density at radius 3 is 2.89 bits per heavy atom. The highest BCUT2D eigenvalue weighted by Crippen LogP contribution is 2.37. The van der Waals surface area contributed by atoms with Crippen molar-refractivity contribution in [1.29, 1.82) is 0 Å². The van der Waals surface area contributed by atoms with Crippen LogP contribution in [0, 0.1) is 10.5 Å². The molecule has 0 aromatic heterocycles. The van der Waals surface area contributed by atoms with E-state index in [2.05, 4.69) is 87.2 Å². The van der Waals surface area contributed by atoms with Crippen LogP contribution in [0.1, 0.15) is 29.2 Å². The molecule has 0 saturated carbocycles.